The zero-order valence-electron chi connectivity index (χ0n) is 9.34. The number of ether oxygens (including phenoxy) is 1. The van der Waals surface area contributed by atoms with Gasteiger partial charge in [0.25, 0.3) is 0 Å². The van der Waals surface area contributed by atoms with E-state index in [-0.39, 0.29) is 0 Å². The molecule has 0 radical (unpaired) electrons. The lowest BCUT2D eigenvalue weighted by atomic mass is 10.3. The van der Waals surface area contributed by atoms with E-state index in [1.165, 1.54) is 0 Å². The summed E-state index contributed by atoms with van der Waals surface area (Å²) >= 11 is 0. The molecule has 0 amide bonds. The zero-order valence-corrected chi connectivity index (χ0v) is 9.34. The van der Waals surface area contributed by atoms with Gasteiger partial charge in [-0.25, -0.2) is 4.98 Å². The molecule has 0 aliphatic carbocycles. The van der Waals surface area contributed by atoms with Crippen LogP contribution in [0.4, 0.5) is 5.69 Å². The molecule has 0 saturated heterocycles. The molecule has 0 bridgehead atoms. The Kier molecular flexibility index (Phi) is 3.05. The minimum atomic E-state index is 0.656. The summed E-state index contributed by atoms with van der Waals surface area (Å²) < 4.78 is 6.83. The van der Waals surface area contributed by atoms with Gasteiger partial charge in [-0.1, -0.05) is 0 Å². The van der Waals surface area contributed by atoms with Crippen molar-refractivity contribution in [3.05, 3.63) is 36.4 Å². The van der Waals surface area contributed by atoms with Gasteiger partial charge in [-0.15, -0.1) is 0 Å². The monoisotopic (exact) mass is 218 g/mol. The molecule has 2 rings (SSSR count). The summed E-state index contributed by atoms with van der Waals surface area (Å²) in [5.74, 6) is 1.75. The number of hydrogen-bond donors (Lipinski definition) is 1. The third kappa shape index (κ3) is 2.31. The lowest BCUT2D eigenvalue weighted by Crippen LogP contribution is -2.06. The standard InChI is InChI=1S/C11H14N4O/c1-15-11(13-8-14-15)7-12-9-3-5-10(16-2)6-4-9/h3-6,8,12H,7H2,1-2H3. The van der Waals surface area contributed by atoms with Crippen LogP contribution in [0.3, 0.4) is 0 Å². The molecule has 1 N–H and O–H groups in total. The fourth-order valence-corrected chi connectivity index (χ4v) is 1.37. The molecule has 0 atom stereocenters. The molecule has 1 aromatic heterocycles. The molecule has 0 unspecified atom stereocenters. The van der Waals surface area contributed by atoms with E-state index in [0.29, 0.717) is 6.54 Å². The highest BCUT2D eigenvalue weighted by Gasteiger charge is 1.99. The van der Waals surface area contributed by atoms with E-state index in [1.54, 1.807) is 18.1 Å². The lowest BCUT2D eigenvalue weighted by molar-refractivity contribution is 0.415. The Bertz CT molecular complexity index is 449. The van der Waals surface area contributed by atoms with Crippen molar-refractivity contribution in [1.82, 2.24) is 14.8 Å². The molecule has 1 aromatic carbocycles. The van der Waals surface area contributed by atoms with Crippen molar-refractivity contribution in [3.8, 4) is 5.75 Å². The Morgan fingerprint density at radius 1 is 1.31 bits per heavy atom. The fourth-order valence-electron chi connectivity index (χ4n) is 1.37. The van der Waals surface area contributed by atoms with Gasteiger partial charge in [0.15, 0.2) is 0 Å². The number of anilines is 1. The molecule has 0 aliphatic rings. The predicted molar refractivity (Wildman–Crippen MR) is 61.3 cm³/mol. The van der Waals surface area contributed by atoms with Gasteiger partial charge in [-0.3, -0.25) is 4.68 Å². The molecule has 16 heavy (non-hydrogen) atoms. The first-order chi connectivity index (χ1) is 7.79. The SMILES string of the molecule is COc1ccc(NCc2ncnn2C)cc1. The smallest absolute Gasteiger partial charge is 0.145 e. The first-order valence-electron chi connectivity index (χ1n) is 5.00. The summed E-state index contributed by atoms with van der Waals surface area (Å²) in [6, 6.07) is 7.77. The molecular weight excluding hydrogens is 204 g/mol. The van der Waals surface area contributed by atoms with Crippen molar-refractivity contribution in [1.29, 1.82) is 0 Å². The molecule has 84 valence electrons. The van der Waals surface area contributed by atoms with Crippen LogP contribution in [-0.4, -0.2) is 21.9 Å². The summed E-state index contributed by atoms with van der Waals surface area (Å²) in [5.41, 5.74) is 1.03. The average Bonchev–Trinajstić information content (AvgIpc) is 2.73. The minimum absolute atomic E-state index is 0.656. The normalized spacial score (nSPS) is 10.1. The second kappa shape index (κ2) is 4.65. The highest BCUT2D eigenvalue weighted by molar-refractivity contribution is 5.46. The highest BCUT2D eigenvalue weighted by atomic mass is 16.5. The Morgan fingerprint density at radius 3 is 2.62 bits per heavy atom. The zero-order chi connectivity index (χ0) is 11.4. The van der Waals surface area contributed by atoms with Crippen LogP contribution < -0.4 is 10.1 Å². The van der Waals surface area contributed by atoms with E-state index in [1.807, 2.05) is 31.3 Å². The van der Waals surface area contributed by atoms with Gasteiger partial charge in [-0.05, 0) is 24.3 Å². The molecular formula is C11H14N4O. The van der Waals surface area contributed by atoms with Gasteiger partial charge < -0.3 is 10.1 Å². The maximum atomic E-state index is 5.08. The van der Waals surface area contributed by atoms with E-state index >= 15 is 0 Å². The van der Waals surface area contributed by atoms with Crippen molar-refractivity contribution in [3.63, 3.8) is 0 Å². The number of aryl methyl sites for hydroxylation is 1. The molecule has 0 spiro atoms. The number of nitrogens with zero attached hydrogens (tertiary/aromatic N) is 3. The topological polar surface area (TPSA) is 52.0 Å². The summed E-state index contributed by atoms with van der Waals surface area (Å²) in [7, 11) is 3.53. The van der Waals surface area contributed by atoms with E-state index in [2.05, 4.69) is 15.4 Å². The van der Waals surface area contributed by atoms with Gasteiger partial charge in [0, 0.05) is 12.7 Å². The molecule has 5 nitrogen and oxygen atoms in total. The van der Waals surface area contributed by atoms with Crippen molar-refractivity contribution in [2.24, 2.45) is 7.05 Å². The summed E-state index contributed by atoms with van der Waals surface area (Å²) in [4.78, 5) is 4.13. The molecule has 0 saturated carbocycles. The van der Waals surface area contributed by atoms with E-state index in [0.717, 1.165) is 17.3 Å². The van der Waals surface area contributed by atoms with Crippen LogP contribution in [0.1, 0.15) is 5.82 Å². The summed E-state index contributed by atoms with van der Waals surface area (Å²) in [6.45, 7) is 0.656. The molecule has 1 heterocycles. The van der Waals surface area contributed by atoms with E-state index in [9.17, 15) is 0 Å². The van der Waals surface area contributed by atoms with Crippen molar-refractivity contribution >= 4 is 5.69 Å². The number of benzene rings is 1. The first-order valence-corrected chi connectivity index (χ1v) is 5.00. The minimum Gasteiger partial charge on any atom is -0.497 e. The van der Waals surface area contributed by atoms with Crippen LogP contribution in [0.2, 0.25) is 0 Å². The average molecular weight is 218 g/mol. The second-order valence-electron chi connectivity index (χ2n) is 3.38. The van der Waals surface area contributed by atoms with Gasteiger partial charge >= 0.3 is 0 Å². The predicted octanol–water partition coefficient (Wildman–Crippen LogP) is 1.44. The largest absolute Gasteiger partial charge is 0.497 e. The number of nitrogens with one attached hydrogen (secondary N) is 1. The lowest BCUT2D eigenvalue weighted by Gasteiger charge is -2.06. The van der Waals surface area contributed by atoms with Crippen LogP contribution in [-0.2, 0) is 13.6 Å². The van der Waals surface area contributed by atoms with Gasteiger partial charge in [0.05, 0.1) is 13.7 Å². The van der Waals surface area contributed by atoms with E-state index < -0.39 is 0 Å². The molecule has 5 heteroatoms. The van der Waals surface area contributed by atoms with Gasteiger partial charge in [0.2, 0.25) is 0 Å². The Balaban J connectivity index is 1.97. The van der Waals surface area contributed by atoms with Crippen LogP contribution in [0.25, 0.3) is 0 Å². The van der Waals surface area contributed by atoms with Gasteiger partial charge in [0.1, 0.15) is 17.9 Å². The number of hydrogen-bond acceptors (Lipinski definition) is 4. The van der Waals surface area contributed by atoms with Crippen molar-refractivity contribution in [2.75, 3.05) is 12.4 Å². The van der Waals surface area contributed by atoms with Crippen LogP contribution >= 0.6 is 0 Å². The Labute approximate surface area is 94.1 Å². The summed E-state index contributed by atoms with van der Waals surface area (Å²) in [5, 5.41) is 7.26. The Morgan fingerprint density at radius 2 is 2.06 bits per heavy atom. The third-order valence-corrected chi connectivity index (χ3v) is 2.35. The van der Waals surface area contributed by atoms with Crippen LogP contribution in [0.5, 0.6) is 5.75 Å². The molecule has 0 aliphatic heterocycles. The maximum Gasteiger partial charge on any atom is 0.145 e. The Hall–Kier alpha value is -2.04. The summed E-state index contributed by atoms with van der Waals surface area (Å²) in [6.07, 6.45) is 1.55. The van der Waals surface area contributed by atoms with Crippen molar-refractivity contribution in [2.45, 2.75) is 6.54 Å². The highest BCUT2D eigenvalue weighted by Crippen LogP contribution is 2.15. The van der Waals surface area contributed by atoms with Crippen molar-refractivity contribution < 1.29 is 4.74 Å². The van der Waals surface area contributed by atoms with E-state index in [4.69, 9.17) is 4.74 Å². The number of methoxy groups -OCH3 is 1. The third-order valence-electron chi connectivity index (χ3n) is 2.35. The number of aromatic nitrogens is 3. The van der Waals surface area contributed by atoms with Crippen LogP contribution in [0, 0.1) is 0 Å². The van der Waals surface area contributed by atoms with Gasteiger partial charge in [-0.2, -0.15) is 5.10 Å². The molecule has 0 fully saturated rings. The van der Waals surface area contributed by atoms with Crippen LogP contribution in [0.15, 0.2) is 30.6 Å². The number of rotatable bonds is 4. The molecule has 2 aromatic rings. The maximum absolute atomic E-state index is 5.08. The second-order valence-corrected chi connectivity index (χ2v) is 3.38. The first kappa shape index (κ1) is 10.5. The fraction of sp³-hybridized carbons (Fsp3) is 0.273. The quantitative estimate of drug-likeness (QED) is 0.843.